The van der Waals surface area contributed by atoms with Gasteiger partial charge in [0.05, 0.1) is 5.39 Å². The molecule has 0 atom stereocenters. The number of benzene rings is 2. The van der Waals surface area contributed by atoms with Crippen molar-refractivity contribution in [3.63, 3.8) is 0 Å². The third kappa shape index (κ3) is 3.57. The molecule has 1 fully saturated rings. The standard InChI is InChI=1S/C20H18BrFN2O3/c21-14-6-5-13(16(22)11-14)12-23-7-9-24(10-8-23)20-19(26)18(25)15-3-1-2-4-17(15)27-20/h1-6,11,26H,7-10,12H2. The van der Waals surface area contributed by atoms with Crippen LogP contribution in [0, 0.1) is 5.82 Å². The van der Waals surface area contributed by atoms with E-state index in [1.54, 1.807) is 30.3 Å². The van der Waals surface area contributed by atoms with Crippen molar-refractivity contribution in [1.29, 1.82) is 0 Å². The lowest BCUT2D eigenvalue weighted by molar-refractivity contribution is 0.242. The zero-order valence-corrected chi connectivity index (χ0v) is 16.1. The summed E-state index contributed by atoms with van der Waals surface area (Å²) in [6.07, 6.45) is 0. The summed E-state index contributed by atoms with van der Waals surface area (Å²) in [5, 5.41) is 10.7. The molecule has 2 aromatic carbocycles. The van der Waals surface area contributed by atoms with E-state index in [4.69, 9.17) is 4.42 Å². The maximum atomic E-state index is 14.0. The number of halogens is 2. The van der Waals surface area contributed by atoms with E-state index in [0.717, 1.165) is 4.47 Å². The Morgan fingerprint density at radius 3 is 2.59 bits per heavy atom. The number of piperazine rings is 1. The quantitative estimate of drug-likeness (QED) is 0.683. The average molecular weight is 433 g/mol. The van der Waals surface area contributed by atoms with E-state index in [9.17, 15) is 14.3 Å². The largest absolute Gasteiger partial charge is 0.500 e. The number of hydrogen-bond donors (Lipinski definition) is 1. The molecule has 3 aromatic rings. The van der Waals surface area contributed by atoms with Crippen LogP contribution in [0.3, 0.4) is 0 Å². The highest BCUT2D eigenvalue weighted by Crippen LogP contribution is 2.29. The predicted molar refractivity (Wildman–Crippen MR) is 106 cm³/mol. The smallest absolute Gasteiger partial charge is 0.242 e. The van der Waals surface area contributed by atoms with Gasteiger partial charge in [0.1, 0.15) is 11.4 Å². The highest BCUT2D eigenvalue weighted by atomic mass is 79.9. The molecule has 0 spiro atoms. The maximum absolute atomic E-state index is 14.0. The fourth-order valence-corrected chi connectivity index (χ4v) is 3.67. The summed E-state index contributed by atoms with van der Waals surface area (Å²) in [6, 6.07) is 11.9. The first-order valence-electron chi connectivity index (χ1n) is 8.69. The van der Waals surface area contributed by atoms with Gasteiger partial charge in [0.2, 0.25) is 17.1 Å². The van der Waals surface area contributed by atoms with Crippen LogP contribution in [0.15, 0.2) is 56.1 Å². The predicted octanol–water partition coefficient (Wildman–Crippen LogP) is 3.72. The number of para-hydroxylation sites is 1. The Morgan fingerprint density at radius 1 is 1.11 bits per heavy atom. The number of fused-ring (bicyclic) bond motifs is 1. The van der Waals surface area contributed by atoms with E-state index < -0.39 is 5.43 Å². The van der Waals surface area contributed by atoms with Gasteiger partial charge >= 0.3 is 0 Å². The van der Waals surface area contributed by atoms with Gasteiger partial charge in [0, 0.05) is 42.8 Å². The first-order valence-corrected chi connectivity index (χ1v) is 9.48. The molecular formula is C20H18BrFN2O3. The highest BCUT2D eigenvalue weighted by Gasteiger charge is 2.24. The Bertz CT molecular complexity index is 1050. The van der Waals surface area contributed by atoms with Crippen LogP contribution < -0.4 is 10.3 Å². The van der Waals surface area contributed by atoms with E-state index in [0.29, 0.717) is 49.3 Å². The normalized spacial score (nSPS) is 15.4. The molecular weight excluding hydrogens is 415 g/mol. The Hall–Kier alpha value is -2.38. The van der Waals surface area contributed by atoms with Crippen LogP contribution in [0.2, 0.25) is 0 Å². The minimum absolute atomic E-state index is 0.202. The number of hydrogen-bond acceptors (Lipinski definition) is 5. The van der Waals surface area contributed by atoms with Gasteiger partial charge in [-0.15, -0.1) is 0 Å². The summed E-state index contributed by atoms with van der Waals surface area (Å²) in [4.78, 5) is 16.4. The minimum Gasteiger partial charge on any atom is -0.500 e. The Kier molecular flexibility index (Phi) is 4.88. The first kappa shape index (κ1) is 18.0. The second-order valence-electron chi connectivity index (χ2n) is 6.58. The third-order valence-corrected chi connectivity index (χ3v) is 5.32. The first-order chi connectivity index (χ1) is 13.0. The zero-order valence-electron chi connectivity index (χ0n) is 14.5. The van der Waals surface area contributed by atoms with Crippen LogP contribution in [0.5, 0.6) is 5.75 Å². The number of nitrogens with zero attached hydrogens (tertiary/aromatic N) is 2. The van der Waals surface area contributed by atoms with Gasteiger partial charge in [-0.1, -0.05) is 34.1 Å². The molecule has 7 heteroatoms. The van der Waals surface area contributed by atoms with Crippen LogP contribution in [0.25, 0.3) is 11.0 Å². The summed E-state index contributed by atoms with van der Waals surface area (Å²) in [5.41, 5.74) is 0.674. The van der Waals surface area contributed by atoms with Crippen LogP contribution in [-0.2, 0) is 6.54 Å². The van der Waals surface area contributed by atoms with Crippen LogP contribution in [0.1, 0.15) is 5.56 Å². The van der Waals surface area contributed by atoms with E-state index in [-0.39, 0.29) is 17.5 Å². The van der Waals surface area contributed by atoms with Crippen molar-refractivity contribution in [2.45, 2.75) is 6.54 Å². The molecule has 140 valence electrons. The molecule has 1 aliphatic heterocycles. The summed E-state index contributed by atoms with van der Waals surface area (Å²) in [7, 11) is 0. The van der Waals surface area contributed by atoms with E-state index >= 15 is 0 Å². The Labute approximate surface area is 163 Å². The molecule has 0 saturated carbocycles. The van der Waals surface area contributed by atoms with Crippen molar-refractivity contribution in [3.05, 3.63) is 68.5 Å². The Morgan fingerprint density at radius 2 is 1.85 bits per heavy atom. The van der Waals surface area contributed by atoms with Gasteiger partial charge < -0.3 is 14.4 Å². The lowest BCUT2D eigenvalue weighted by atomic mass is 10.2. The van der Waals surface area contributed by atoms with Crippen LogP contribution in [-0.4, -0.2) is 36.2 Å². The number of anilines is 1. The summed E-state index contributed by atoms with van der Waals surface area (Å²) >= 11 is 3.26. The molecule has 1 aromatic heterocycles. The van der Waals surface area contributed by atoms with E-state index in [1.807, 2.05) is 11.0 Å². The summed E-state index contributed by atoms with van der Waals surface area (Å²) in [6.45, 7) is 3.01. The third-order valence-electron chi connectivity index (χ3n) is 4.82. The van der Waals surface area contributed by atoms with Crippen molar-refractivity contribution in [3.8, 4) is 5.75 Å². The molecule has 1 aliphatic rings. The monoisotopic (exact) mass is 432 g/mol. The fraction of sp³-hybridized carbons (Fsp3) is 0.250. The van der Waals surface area contributed by atoms with Gasteiger partial charge in [0.25, 0.3) is 0 Å². The highest BCUT2D eigenvalue weighted by molar-refractivity contribution is 9.10. The summed E-state index contributed by atoms with van der Waals surface area (Å²) in [5.74, 6) is -0.390. The molecule has 4 rings (SSSR count). The SMILES string of the molecule is O=c1c(O)c(N2CCN(Cc3ccc(Br)cc3F)CC2)oc2ccccc12. The van der Waals surface area contributed by atoms with Crippen molar-refractivity contribution >= 4 is 32.8 Å². The molecule has 0 amide bonds. The van der Waals surface area contributed by atoms with Crippen molar-refractivity contribution in [1.82, 2.24) is 4.90 Å². The molecule has 0 aliphatic carbocycles. The van der Waals surface area contributed by atoms with Gasteiger partial charge in [-0.25, -0.2) is 4.39 Å². The molecule has 1 N–H and O–H groups in total. The molecule has 0 bridgehead atoms. The second kappa shape index (κ2) is 7.32. The average Bonchev–Trinajstić information content (AvgIpc) is 2.68. The molecule has 0 radical (unpaired) electrons. The van der Waals surface area contributed by atoms with Crippen molar-refractivity contribution in [2.24, 2.45) is 0 Å². The topological polar surface area (TPSA) is 56.9 Å². The second-order valence-corrected chi connectivity index (χ2v) is 7.50. The fourth-order valence-electron chi connectivity index (χ4n) is 3.33. The van der Waals surface area contributed by atoms with Gasteiger partial charge in [-0.2, -0.15) is 0 Å². The zero-order chi connectivity index (χ0) is 19.0. The van der Waals surface area contributed by atoms with E-state index in [1.165, 1.54) is 6.07 Å². The molecule has 2 heterocycles. The van der Waals surface area contributed by atoms with Crippen molar-refractivity contribution < 1.29 is 13.9 Å². The molecule has 5 nitrogen and oxygen atoms in total. The van der Waals surface area contributed by atoms with E-state index in [2.05, 4.69) is 20.8 Å². The Balaban J connectivity index is 1.50. The van der Waals surface area contributed by atoms with Gasteiger partial charge in [0.15, 0.2) is 0 Å². The molecule has 0 unspecified atom stereocenters. The minimum atomic E-state index is -0.425. The lowest BCUT2D eigenvalue weighted by Crippen LogP contribution is -2.46. The molecule has 1 saturated heterocycles. The van der Waals surface area contributed by atoms with Gasteiger partial charge in [-0.05, 0) is 24.3 Å². The van der Waals surface area contributed by atoms with Crippen molar-refractivity contribution in [2.75, 3.05) is 31.1 Å². The van der Waals surface area contributed by atoms with Crippen LogP contribution in [0.4, 0.5) is 10.3 Å². The van der Waals surface area contributed by atoms with Gasteiger partial charge in [-0.3, -0.25) is 9.69 Å². The number of rotatable bonds is 3. The summed E-state index contributed by atoms with van der Waals surface area (Å²) < 4.78 is 20.6. The molecule has 27 heavy (non-hydrogen) atoms. The van der Waals surface area contributed by atoms with Crippen LogP contribution >= 0.6 is 15.9 Å². The number of aromatic hydroxyl groups is 1. The lowest BCUT2D eigenvalue weighted by Gasteiger charge is -2.35. The maximum Gasteiger partial charge on any atom is 0.242 e.